The second-order valence-corrected chi connectivity index (χ2v) is 8.66. The van der Waals surface area contributed by atoms with E-state index < -0.39 is 5.91 Å². The number of aromatic nitrogens is 4. The molecule has 7 rings (SSSR count). The molecule has 6 nitrogen and oxygen atoms in total. The molecule has 3 aliphatic carbocycles. The van der Waals surface area contributed by atoms with Crippen LogP contribution in [0.3, 0.4) is 0 Å². The van der Waals surface area contributed by atoms with Crippen molar-refractivity contribution in [1.82, 2.24) is 19.3 Å². The van der Waals surface area contributed by atoms with E-state index >= 15 is 0 Å². The summed E-state index contributed by atoms with van der Waals surface area (Å²) in [6.07, 6.45) is 2.19. The van der Waals surface area contributed by atoms with Crippen LogP contribution in [0.1, 0.15) is 57.8 Å². The first-order valence-electron chi connectivity index (χ1n) is 10.4. The number of hydrogen-bond acceptors (Lipinski definition) is 3. The van der Waals surface area contributed by atoms with Gasteiger partial charge in [0.1, 0.15) is 0 Å². The summed E-state index contributed by atoms with van der Waals surface area (Å²) in [5, 5.41) is 5.84. The van der Waals surface area contributed by atoms with Crippen molar-refractivity contribution in [3.63, 3.8) is 0 Å². The Labute approximate surface area is 174 Å². The van der Waals surface area contributed by atoms with Crippen LogP contribution in [0.15, 0.2) is 42.5 Å². The Kier molecular flexibility index (Phi) is 3.52. The Morgan fingerprint density at radius 3 is 2.77 bits per heavy atom. The average Bonchev–Trinajstić information content (AvgIpc) is 3.13. The van der Waals surface area contributed by atoms with Gasteiger partial charge < -0.3 is 10.3 Å². The molecule has 2 N–H and O–H groups in total. The number of nitrogens with zero attached hydrogens (tertiary/aromatic N) is 4. The van der Waals surface area contributed by atoms with E-state index in [1.807, 2.05) is 28.4 Å². The smallest absolute Gasteiger partial charge is 0.284 e. The minimum absolute atomic E-state index is 0.326. The lowest BCUT2D eigenvalue weighted by Crippen LogP contribution is -2.25. The van der Waals surface area contributed by atoms with Crippen LogP contribution in [0.2, 0.25) is 0 Å². The molecule has 2 bridgehead atoms. The first kappa shape index (κ1) is 17.4. The third-order valence-electron chi connectivity index (χ3n) is 6.80. The van der Waals surface area contributed by atoms with E-state index in [1.54, 1.807) is 0 Å². The molecule has 0 aliphatic heterocycles. The summed E-state index contributed by atoms with van der Waals surface area (Å²) < 4.78 is 3.92. The lowest BCUT2D eigenvalue weighted by Gasteiger charge is -2.34. The van der Waals surface area contributed by atoms with E-state index in [9.17, 15) is 4.79 Å². The van der Waals surface area contributed by atoms with Gasteiger partial charge in [0.15, 0.2) is 5.82 Å². The van der Waals surface area contributed by atoms with Gasteiger partial charge in [-0.05, 0) is 43.4 Å². The highest BCUT2D eigenvalue weighted by Gasteiger charge is 2.42. The van der Waals surface area contributed by atoms with E-state index in [4.69, 9.17) is 15.8 Å². The normalized spacial score (nSPS) is 19.1. The van der Waals surface area contributed by atoms with Gasteiger partial charge in [-0.15, -0.1) is 0 Å². The topological polar surface area (TPSA) is 78.7 Å². The molecule has 30 heavy (non-hydrogen) atoms. The average molecular weight is 397 g/mol. The first-order chi connectivity index (χ1) is 14.5. The fraction of sp³-hybridized carbons (Fsp3) is 0.292. The minimum Gasteiger partial charge on any atom is -0.363 e. The van der Waals surface area contributed by atoms with Crippen molar-refractivity contribution in [2.45, 2.75) is 38.1 Å². The molecule has 1 amide bonds. The molecule has 2 aromatic carbocycles. The molecule has 6 heteroatoms. The lowest BCUT2D eigenvalue weighted by molar-refractivity contribution is 0.0986. The Morgan fingerprint density at radius 2 is 1.97 bits per heavy atom. The number of para-hydroxylation sites is 1. The molecule has 0 radical (unpaired) electrons. The minimum atomic E-state index is -0.492. The maximum Gasteiger partial charge on any atom is 0.284 e. The van der Waals surface area contributed by atoms with E-state index in [-0.39, 0.29) is 0 Å². The molecule has 1 fully saturated rings. The van der Waals surface area contributed by atoms with Crippen molar-refractivity contribution in [2.24, 2.45) is 12.8 Å². The highest BCUT2D eigenvalue weighted by atomic mass is 16.1. The second-order valence-electron chi connectivity index (χ2n) is 8.66. The van der Waals surface area contributed by atoms with Crippen molar-refractivity contribution in [3.8, 4) is 11.3 Å². The van der Waals surface area contributed by atoms with Crippen LogP contribution in [0, 0.1) is 6.92 Å². The number of benzene rings is 2. The highest BCUT2D eigenvalue weighted by molar-refractivity contribution is 5.91. The van der Waals surface area contributed by atoms with Gasteiger partial charge in [0.05, 0.1) is 23.4 Å². The molecular formula is C24H23N5O. The number of carbonyl (C=O) groups is 1. The predicted octanol–water partition coefficient (Wildman–Crippen LogP) is 3.87. The van der Waals surface area contributed by atoms with Gasteiger partial charge in [0, 0.05) is 29.6 Å². The van der Waals surface area contributed by atoms with E-state index in [0.29, 0.717) is 24.2 Å². The summed E-state index contributed by atoms with van der Waals surface area (Å²) in [6.45, 7) is 2.59. The van der Waals surface area contributed by atoms with Crippen LogP contribution < -0.4 is 5.73 Å². The maximum atomic E-state index is 12.4. The van der Waals surface area contributed by atoms with Gasteiger partial charge in [-0.2, -0.15) is 5.10 Å². The predicted molar refractivity (Wildman–Crippen MR) is 115 cm³/mol. The molecular weight excluding hydrogens is 374 g/mol. The molecule has 0 saturated heterocycles. The summed E-state index contributed by atoms with van der Waals surface area (Å²) in [5.74, 6) is 0.801. The fourth-order valence-electron chi connectivity index (χ4n) is 5.31. The van der Waals surface area contributed by atoms with E-state index in [2.05, 4.69) is 37.3 Å². The molecule has 0 unspecified atom stereocenters. The quantitative estimate of drug-likeness (QED) is 0.570. The van der Waals surface area contributed by atoms with E-state index in [0.717, 1.165) is 46.4 Å². The second kappa shape index (κ2) is 6.05. The van der Waals surface area contributed by atoms with Gasteiger partial charge in [0.25, 0.3) is 5.91 Å². The number of carbonyl (C=O) groups excluding carboxylic acids is 1. The third-order valence-corrected chi connectivity index (χ3v) is 6.80. The van der Waals surface area contributed by atoms with Crippen molar-refractivity contribution in [2.75, 3.05) is 0 Å². The van der Waals surface area contributed by atoms with Gasteiger partial charge in [0.2, 0.25) is 0 Å². The molecule has 0 spiro atoms. The van der Waals surface area contributed by atoms with Gasteiger partial charge in [-0.3, -0.25) is 9.48 Å². The number of aryl methyl sites for hydroxylation is 2. The lowest BCUT2D eigenvalue weighted by atomic mass is 9.71. The molecule has 0 atom stereocenters. The number of hydrogen-bond donors (Lipinski definition) is 1. The molecule has 2 heterocycles. The van der Waals surface area contributed by atoms with Crippen molar-refractivity contribution in [1.29, 1.82) is 0 Å². The van der Waals surface area contributed by atoms with Gasteiger partial charge >= 0.3 is 0 Å². The number of amides is 1. The van der Waals surface area contributed by atoms with Crippen LogP contribution in [0.5, 0.6) is 0 Å². The van der Waals surface area contributed by atoms with E-state index in [1.165, 1.54) is 11.1 Å². The van der Waals surface area contributed by atoms with Gasteiger partial charge in [-0.25, -0.2) is 4.98 Å². The zero-order chi connectivity index (χ0) is 20.6. The zero-order valence-electron chi connectivity index (χ0n) is 17.1. The maximum absolute atomic E-state index is 12.4. The standard InChI is InChI=1S/C24H23N5O/c1-13-7-8-16-14-10-15(11-14)22-21(18(16)9-13)26-24(23(25)30)29(22)12-19-17-5-3-4-6-20(17)28(2)27-19/h3-9,14-15H,10-12H2,1-2H3,(H2,25,30). The summed E-state index contributed by atoms with van der Waals surface area (Å²) in [7, 11) is 1.95. The number of fused-ring (bicyclic) bond motifs is 1. The third kappa shape index (κ3) is 2.33. The first-order valence-corrected chi connectivity index (χ1v) is 10.4. The number of nitrogens with two attached hydrogens (primary N) is 1. The number of rotatable bonds is 3. The highest BCUT2D eigenvalue weighted by Crippen LogP contribution is 2.55. The van der Waals surface area contributed by atoms with Crippen LogP contribution in [-0.4, -0.2) is 25.2 Å². The van der Waals surface area contributed by atoms with Crippen LogP contribution in [0.25, 0.3) is 22.2 Å². The molecule has 1 saturated carbocycles. The van der Waals surface area contributed by atoms with Crippen LogP contribution in [0.4, 0.5) is 0 Å². The Hall–Kier alpha value is -3.41. The van der Waals surface area contributed by atoms with Crippen molar-refractivity contribution >= 4 is 16.8 Å². The summed E-state index contributed by atoms with van der Waals surface area (Å²) in [5.41, 5.74) is 13.6. The Bertz CT molecular complexity index is 1340. The van der Waals surface area contributed by atoms with Crippen LogP contribution in [-0.2, 0) is 13.6 Å². The molecule has 2 aromatic heterocycles. The molecule has 4 aromatic rings. The summed E-state index contributed by atoms with van der Waals surface area (Å²) >= 11 is 0. The summed E-state index contributed by atoms with van der Waals surface area (Å²) in [4.78, 5) is 17.2. The van der Waals surface area contributed by atoms with Crippen molar-refractivity contribution in [3.05, 3.63) is 70.8 Å². The molecule has 3 aliphatic rings. The van der Waals surface area contributed by atoms with Crippen molar-refractivity contribution < 1.29 is 4.79 Å². The summed E-state index contributed by atoms with van der Waals surface area (Å²) in [6, 6.07) is 14.8. The van der Waals surface area contributed by atoms with Crippen LogP contribution >= 0.6 is 0 Å². The Balaban J connectivity index is 1.58. The SMILES string of the molecule is Cc1ccc2c(c1)-c1nc(C(N)=O)n(Cc3nn(C)c4ccccc34)c1C1CC2C1. The number of imidazole rings is 1. The zero-order valence-corrected chi connectivity index (χ0v) is 17.1. The largest absolute Gasteiger partial charge is 0.363 e. The number of primary amides is 1. The molecule has 150 valence electrons. The monoisotopic (exact) mass is 397 g/mol. The fourth-order valence-corrected chi connectivity index (χ4v) is 5.31. The van der Waals surface area contributed by atoms with Gasteiger partial charge in [-0.1, -0.05) is 35.9 Å². The Morgan fingerprint density at radius 1 is 1.17 bits per heavy atom.